The molecule has 3 nitrogen and oxygen atoms in total. The highest BCUT2D eigenvalue weighted by Gasteiger charge is 2.47. The van der Waals surface area contributed by atoms with E-state index in [-0.39, 0.29) is 11.1 Å². The molecule has 0 aromatic rings. The van der Waals surface area contributed by atoms with Crippen LogP contribution in [0.4, 0.5) is 0 Å². The fourth-order valence-corrected chi connectivity index (χ4v) is 4.06. The van der Waals surface area contributed by atoms with Crippen LogP contribution < -0.4 is 5.73 Å². The fraction of sp³-hybridized carbons (Fsp3) is 1.00. The van der Waals surface area contributed by atoms with Crippen LogP contribution in [-0.2, 0) is 4.74 Å². The second kappa shape index (κ2) is 5.10. The molecule has 0 bridgehead atoms. The molecule has 2 atom stereocenters. The van der Waals surface area contributed by atoms with Gasteiger partial charge in [0.2, 0.25) is 0 Å². The Labute approximate surface area is 112 Å². The number of nitrogens with two attached hydrogens (primary N) is 1. The maximum absolute atomic E-state index is 6.20. The summed E-state index contributed by atoms with van der Waals surface area (Å²) < 4.78 is 5.90. The van der Waals surface area contributed by atoms with E-state index in [0.717, 1.165) is 31.9 Å². The van der Waals surface area contributed by atoms with Crippen molar-refractivity contribution < 1.29 is 4.74 Å². The van der Waals surface area contributed by atoms with E-state index in [0.29, 0.717) is 6.04 Å². The van der Waals surface area contributed by atoms with Crippen molar-refractivity contribution in [3.63, 3.8) is 0 Å². The normalized spacial score (nSPS) is 37.3. The first-order valence-corrected chi connectivity index (χ1v) is 7.51. The Balaban J connectivity index is 2.21. The van der Waals surface area contributed by atoms with E-state index in [1.54, 1.807) is 0 Å². The van der Waals surface area contributed by atoms with Crippen LogP contribution in [-0.4, -0.2) is 41.8 Å². The van der Waals surface area contributed by atoms with E-state index in [4.69, 9.17) is 10.5 Å². The van der Waals surface area contributed by atoms with Gasteiger partial charge in [0.15, 0.2) is 0 Å². The van der Waals surface area contributed by atoms with Crippen LogP contribution in [0.3, 0.4) is 0 Å². The number of rotatable bonds is 3. The zero-order valence-electron chi connectivity index (χ0n) is 12.5. The van der Waals surface area contributed by atoms with Gasteiger partial charge in [-0.05, 0) is 52.0 Å². The standard InChI is InChI=1S/C15H30N2O/c1-12(2)13-6-5-8-17(13)15(11-16)7-9-18-14(3,4)10-15/h12-13H,5-11,16H2,1-4H3. The Kier molecular flexibility index (Phi) is 4.05. The van der Waals surface area contributed by atoms with E-state index in [1.807, 2.05) is 0 Å². The van der Waals surface area contributed by atoms with Gasteiger partial charge in [-0.1, -0.05) is 13.8 Å². The van der Waals surface area contributed by atoms with Gasteiger partial charge in [-0.3, -0.25) is 4.90 Å². The van der Waals surface area contributed by atoms with Gasteiger partial charge in [-0.15, -0.1) is 0 Å². The molecule has 0 amide bonds. The second-order valence-electron chi connectivity index (χ2n) is 7.11. The van der Waals surface area contributed by atoms with E-state index < -0.39 is 0 Å². The lowest BCUT2D eigenvalue weighted by atomic mass is 9.78. The molecule has 2 N–H and O–H groups in total. The molecule has 0 saturated carbocycles. The monoisotopic (exact) mass is 254 g/mol. The molecule has 2 fully saturated rings. The zero-order valence-corrected chi connectivity index (χ0v) is 12.5. The van der Waals surface area contributed by atoms with E-state index in [2.05, 4.69) is 32.6 Å². The summed E-state index contributed by atoms with van der Waals surface area (Å²) in [6.07, 6.45) is 4.82. The quantitative estimate of drug-likeness (QED) is 0.840. The van der Waals surface area contributed by atoms with E-state index >= 15 is 0 Å². The number of hydrogen-bond donors (Lipinski definition) is 1. The van der Waals surface area contributed by atoms with Gasteiger partial charge in [0.1, 0.15) is 0 Å². The van der Waals surface area contributed by atoms with Crippen LogP contribution in [0.2, 0.25) is 0 Å². The van der Waals surface area contributed by atoms with Crippen LogP contribution in [0.5, 0.6) is 0 Å². The third-order valence-electron chi connectivity index (χ3n) is 4.87. The summed E-state index contributed by atoms with van der Waals surface area (Å²) >= 11 is 0. The first kappa shape index (κ1) is 14.3. The summed E-state index contributed by atoms with van der Waals surface area (Å²) in [4.78, 5) is 2.72. The number of likely N-dealkylation sites (tertiary alicyclic amines) is 1. The van der Waals surface area contributed by atoms with Crippen molar-refractivity contribution >= 4 is 0 Å². The molecule has 0 aromatic carbocycles. The average Bonchev–Trinajstić information content (AvgIpc) is 2.76. The van der Waals surface area contributed by atoms with Gasteiger partial charge in [0, 0.05) is 24.7 Å². The van der Waals surface area contributed by atoms with Crippen LogP contribution in [0.25, 0.3) is 0 Å². The molecule has 2 heterocycles. The maximum atomic E-state index is 6.20. The van der Waals surface area contributed by atoms with Crippen LogP contribution in [0.15, 0.2) is 0 Å². The Morgan fingerprint density at radius 1 is 1.39 bits per heavy atom. The van der Waals surface area contributed by atoms with Gasteiger partial charge in [0.25, 0.3) is 0 Å². The van der Waals surface area contributed by atoms with Crippen molar-refractivity contribution in [2.45, 2.75) is 70.6 Å². The Hall–Kier alpha value is -0.120. The van der Waals surface area contributed by atoms with Gasteiger partial charge in [-0.25, -0.2) is 0 Å². The average molecular weight is 254 g/mol. The van der Waals surface area contributed by atoms with Gasteiger partial charge < -0.3 is 10.5 Å². The maximum Gasteiger partial charge on any atom is 0.0644 e. The van der Waals surface area contributed by atoms with Crippen LogP contribution >= 0.6 is 0 Å². The third-order valence-corrected chi connectivity index (χ3v) is 4.87. The molecule has 18 heavy (non-hydrogen) atoms. The molecule has 0 spiro atoms. The Morgan fingerprint density at radius 2 is 2.11 bits per heavy atom. The molecule has 2 aliphatic rings. The Morgan fingerprint density at radius 3 is 2.67 bits per heavy atom. The molecule has 0 aliphatic carbocycles. The number of hydrogen-bond acceptors (Lipinski definition) is 3. The molecule has 3 heteroatoms. The molecule has 2 unspecified atom stereocenters. The minimum atomic E-state index is -0.0261. The largest absolute Gasteiger partial charge is 0.375 e. The minimum Gasteiger partial charge on any atom is -0.375 e. The van der Waals surface area contributed by atoms with Crippen molar-refractivity contribution in [1.29, 1.82) is 0 Å². The first-order chi connectivity index (χ1) is 8.40. The molecular weight excluding hydrogens is 224 g/mol. The summed E-state index contributed by atoms with van der Waals surface area (Å²) in [6, 6.07) is 0.711. The minimum absolute atomic E-state index is 0.0261. The fourth-order valence-electron chi connectivity index (χ4n) is 4.06. The van der Waals surface area contributed by atoms with Crippen molar-refractivity contribution in [3.8, 4) is 0 Å². The van der Waals surface area contributed by atoms with Crippen LogP contribution in [0, 0.1) is 5.92 Å². The highest BCUT2D eigenvalue weighted by atomic mass is 16.5. The highest BCUT2D eigenvalue weighted by Crippen LogP contribution is 2.41. The van der Waals surface area contributed by atoms with Gasteiger partial charge in [0.05, 0.1) is 5.60 Å². The summed E-state index contributed by atoms with van der Waals surface area (Å²) in [5, 5.41) is 0. The van der Waals surface area contributed by atoms with Gasteiger partial charge >= 0.3 is 0 Å². The number of nitrogens with zero attached hydrogens (tertiary/aromatic N) is 1. The van der Waals surface area contributed by atoms with Crippen molar-refractivity contribution in [2.75, 3.05) is 19.7 Å². The summed E-state index contributed by atoms with van der Waals surface area (Å²) in [5.41, 5.74) is 6.35. The first-order valence-electron chi connectivity index (χ1n) is 7.51. The molecule has 0 radical (unpaired) electrons. The summed E-state index contributed by atoms with van der Waals surface area (Å²) in [6.45, 7) is 11.9. The van der Waals surface area contributed by atoms with Crippen molar-refractivity contribution in [2.24, 2.45) is 11.7 Å². The third kappa shape index (κ3) is 2.59. The zero-order chi connectivity index (χ0) is 13.4. The molecule has 2 aliphatic heterocycles. The Bertz CT molecular complexity index is 290. The van der Waals surface area contributed by atoms with Crippen molar-refractivity contribution in [3.05, 3.63) is 0 Å². The van der Waals surface area contributed by atoms with E-state index in [1.165, 1.54) is 19.4 Å². The predicted octanol–water partition coefficient (Wildman–Crippen LogP) is 2.39. The smallest absolute Gasteiger partial charge is 0.0644 e. The lowest BCUT2D eigenvalue weighted by Gasteiger charge is -2.52. The molecule has 2 rings (SSSR count). The summed E-state index contributed by atoms with van der Waals surface area (Å²) in [7, 11) is 0. The summed E-state index contributed by atoms with van der Waals surface area (Å²) in [5.74, 6) is 0.724. The van der Waals surface area contributed by atoms with Gasteiger partial charge in [-0.2, -0.15) is 0 Å². The van der Waals surface area contributed by atoms with Crippen LogP contribution in [0.1, 0.15) is 53.4 Å². The number of ether oxygens (including phenoxy) is 1. The molecule has 106 valence electrons. The SMILES string of the molecule is CC(C)C1CCCN1C1(CN)CCOC(C)(C)C1. The lowest BCUT2D eigenvalue weighted by molar-refractivity contribution is -0.123. The molecule has 2 saturated heterocycles. The molecule has 0 aromatic heterocycles. The topological polar surface area (TPSA) is 38.5 Å². The van der Waals surface area contributed by atoms with E-state index in [9.17, 15) is 0 Å². The van der Waals surface area contributed by atoms with Crippen molar-refractivity contribution in [1.82, 2.24) is 4.90 Å². The molecular formula is C15H30N2O. The lowest BCUT2D eigenvalue weighted by Crippen LogP contribution is -2.62. The highest BCUT2D eigenvalue weighted by molar-refractivity contribution is 5.03. The predicted molar refractivity (Wildman–Crippen MR) is 75.6 cm³/mol. The second-order valence-corrected chi connectivity index (χ2v) is 7.11.